The Morgan fingerprint density at radius 1 is 1.31 bits per heavy atom. The summed E-state index contributed by atoms with van der Waals surface area (Å²) >= 11 is 0. The Hall–Kier alpha value is -0.410. The average molecular weight is 186 g/mol. The maximum absolute atomic E-state index is 10.5. The zero-order chi connectivity index (χ0) is 10.1. The van der Waals surface area contributed by atoms with Gasteiger partial charge in [-0.05, 0) is 38.6 Å². The van der Waals surface area contributed by atoms with Gasteiger partial charge in [-0.3, -0.25) is 0 Å². The van der Waals surface area contributed by atoms with Crippen molar-refractivity contribution < 1.29 is 4.79 Å². The smallest absolute Gasteiger partial charge is 0.123 e. The predicted molar refractivity (Wildman–Crippen MR) is 55.3 cm³/mol. The van der Waals surface area contributed by atoms with Gasteiger partial charge in [0.1, 0.15) is 6.29 Å². The van der Waals surface area contributed by atoms with E-state index < -0.39 is 0 Å². The Morgan fingerprint density at radius 2 is 2.00 bits per heavy atom. The lowest BCUT2D eigenvalue weighted by Crippen LogP contribution is -2.22. The summed E-state index contributed by atoms with van der Waals surface area (Å²) in [6.07, 6.45) is 5.79. The summed E-state index contributed by atoms with van der Waals surface area (Å²) in [6, 6.07) is 0.220. The van der Waals surface area contributed by atoms with Crippen LogP contribution >= 0.6 is 0 Å². The highest BCUT2D eigenvalue weighted by molar-refractivity contribution is 5.53. The van der Waals surface area contributed by atoms with Crippen molar-refractivity contribution in [3.63, 3.8) is 0 Å². The van der Waals surface area contributed by atoms with E-state index in [2.05, 4.69) is 0 Å². The fourth-order valence-corrected chi connectivity index (χ4v) is 1.32. The second kappa shape index (κ2) is 8.20. The van der Waals surface area contributed by atoms with Gasteiger partial charge in [0.2, 0.25) is 0 Å². The first-order valence-corrected chi connectivity index (χ1v) is 5.15. The molecular formula is C10H22N2O. The predicted octanol–water partition coefficient (Wildman–Crippen LogP) is 1.06. The number of rotatable bonds is 8. The van der Waals surface area contributed by atoms with E-state index in [1.165, 1.54) is 0 Å². The molecule has 3 nitrogen and oxygen atoms in total. The highest BCUT2D eigenvalue weighted by Gasteiger charge is 2.07. The van der Waals surface area contributed by atoms with Crippen LogP contribution in [0.1, 0.15) is 39.0 Å². The molecule has 0 bridgehead atoms. The summed E-state index contributed by atoms with van der Waals surface area (Å²) in [4.78, 5) is 10.5. The molecule has 4 N–H and O–H groups in total. The van der Waals surface area contributed by atoms with Crippen LogP contribution in [0.15, 0.2) is 0 Å². The number of carbonyl (C=O) groups excluding carboxylic acids is 1. The van der Waals surface area contributed by atoms with Crippen molar-refractivity contribution >= 4 is 6.29 Å². The highest BCUT2D eigenvalue weighted by atomic mass is 16.1. The first kappa shape index (κ1) is 12.6. The Balaban J connectivity index is 3.43. The lowest BCUT2D eigenvalue weighted by molar-refractivity contribution is -0.111. The van der Waals surface area contributed by atoms with Gasteiger partial charge < -0.3 is 16.3 Å². The van der Waals surface area contributed by atoms with Gasteiger partial charge in [0.05, 0.1) is 0 Å². The minimum Gasteiger partial charge on any atom is -0.330 e. The van der Waals surface area contributed by atoms with E-state index in [0.29, 0.717) is 6.54 Å². The molecule has 2 atom stereocenters. The maximum atomic E-state index is 10.5. The van der Waals surface area contributed by atoms with Gasteiger partial charge in [-0.1, -0.05) is 6.92 Å². The molecule has 0 aliphatic carbocycles. The molecule has 0 rings (SSSR count). The van der Waals surface area contributed by atoms with E-state index in [-0.39, 0.29) is 12.0 Å². The monoisotopic (exact) mass is 186 g/mol. The summed E-state index contributed by atoms with van der Waals surface area (Å²) < 4.78 is 0. The average Bonchev–Trinajstić information content (AvgIpc) is 2.16. The van der Waals surface area contributed by atoms with Crippen LogP contribution in [0.4, 0.5) is 0 Å². The van der Waals surface area contributed by atoms with Crippen LogP contribution < -0.4 is 11.5 Å². The Kier molecular flexibility index (Phi) is 7.94. The molecular weight excluding hydrogens is 164 g/mol. The van der Waals surface area contributed by atoms with Gasteiger partial charge in [0, 0.05) is 12.0 Å². The zero-order valence-electron chi connectivity index (χ0n) is 8.54. The fraction of sp³-hybridized carbons (Fsp3) is 0.900. The molecule has 0 fully saturated rings. The molecule has 0 radical (unpaired) electrons. The van der Waals surface area contributed by atoms with Crippen molar-refractivity contribution in [2.75, 3.05) is 6.54 Å². The minimum atomic E-state index is 0.198. The van der Waals surface area contributed by atoms with Crippen LogP contribution in [0.3, 0.4) is 0 Å². The lowest BCUT2D eigenvalue weighted by atomic mass is 9.97. The molecule has 0 spiro atoms. The molecule has 0 aromatic carbocycles. The first-order chi connectivity index (χ1) is 6.24. The van der Waals surface area contributed by atoms with Crippen molar-refractivity contribution in [2.45, 2.75) is 45.1 Å². The topological polar surface area (TPSA) is 69.1 Å². The summed E-state index contributed by atoms with van der Waals surface area (Å²) in [5.41, 5.74) is 11.2. The molecule has 0 saturated heterocycles. The Bertz CT molecular complexity index is 128. The maximum Gasteiger partial charge on any atom is 0.123 e. The fourth-order valence-electron chi connectivity index (χ4n) is 1.32. The van der Waals surface area contributed by atoms with Crippen LogP contribution in [0.5, 0.6) is 0 Å². The summed E-state index contributed by atoms with van der Waals surface area (Å²) in [5, 5.41) is 0. The van der Waals surface area contributed by atoms with E-state index in [1.807, 2.05) is 6.92 Å². The number of aldehydes is 1. The van der Waals surface area contributed by atoms with Gasteiger partial charge in [-0.25, -0.2) is 0 Å². The van der Waals surface area contributed by atoms with Crippen LogP contribution in [0, 0.1) is 5.92 Å². The van der Waals surface area contributed by atoms with Crippen molar-refractivity contribution in [3.8, 4) is 0 Å². The van der Waals surface area contributed by atoms with Gasteiger partial charge in [0.25, 0.3) is 0 Å². The van der Waals surface area contributed by atoms with E-state index >= 15 is 0 Å². The van der Waals surface area contributed by atoms with E-state index in [0.717, 1.165) is 38.4 Å². The van der Waals surface area contributed by atoms with Gasteiger partial charge in [-0.15, -0.1) is 0 Å². The second-order valence-corrected chi connectivity index (χ2v) is 3.57. The van der Waals surface area contributed by atoms with Crippen molar-refractivity contribution in [2.24, 2.45) is 17.4 Å². The molecule has 3 heteroatoms. The van der Waals surface area contributed by atoms with Gasteiger partial charge in [-0.2, -0.15) is 0 Å². The quantitative estimate of drug-likeness (QED) is 0.557. The van der Waals surface area contributed by atoms with Gasteiger partial charge in [0.15, 0.2) is 0 Å². The Labute approximate surface area is 80.9 Å². The normalized spacial score (nSPS) is 15.3. The highest BCUT2D eigenvalue weighted by Crippen LogP contribution is 2.11. The second-order valence-electron chi connectivity index (χ2n) is 3.57. The van der Waals surface area contributed by atoms with Crippen LogP contribution in [0.25, 0.3) is 0 Å². The third kappa shape index (κ3) is 6.72. The number of carbonyl (C=O) groups is 1. The standard InChI is InChI=1S/C10H22N2O/c1-2-9(8-13)5-6-10(12)4-3-7-11/h8-10H,2-7,11-12H2,1H3. The summed E-state index contributed by atoms with van der Waals surface area (Å²) in [6.45, 7) is 2.74. The zero-order valence-corrected chi connectivity index (χ0v) is 8.54. The summed E-state index contributed by atoms with van der Waals surface area (Å²) in [7, 11) is 0. The lowest BCUT2D eigenvalue weighted by Gasteiger charge is -2.12. The molecule has 0 aromatic heterocycles. The van der Waals surface area contributed by atoms with Crippen molar-refractivity contribution in [3.05, 3.63) is 0 Å². The number of hydrogen-bond donors (Lipinski definition) is 2. The number of nitrogens with two attached hydrogens (primary N) is 2. The van der Waals surface area contributed by atoms with Crippen LogP contribution in [-0.2, 0) is 4.79 Å². The van der Waals surface area contributed by atoms with Crippen LogP contribution in [0.2, 0.25) is 0 Å². The third-order valence-electron chi connectivity index (χ3n) is 2.40. The molecule has 0 aromatic rings. The molecule has 0 aliphatic rings. The first-order valence-electron chi connectivity index (χ1n) is 5.15. The minimum absolute atomic E-state index is 0.198. The van der Waals surface area contributed by atoms with Gasteiger partial charge >= 0.3 is 0 Å². The van der Waals surface area contributed by atoms with E-state index in [1.54, 1.807) is 0 Å². The van der Waals surface area contributed by atoms with E-state index in [4.69, 9.17) is 11.5 Å². The molecule has 2 unspecified atom stereocenters. The third-order valence-corrected chi connectivity index (χ3v) is 2.40. The SMILES string of the molecule is CCC(C=O)CCC(N)CCCN. The van der Waals surface area contributed by atoms with Crippen molar-refractivity contribution in [1.29, 1.82) is 0 Å². The molecule has 13 heavy (non-hydrogen) atoms. The van der Waals surface area contributed by atoms with Crippen molar-refractivity contribution in [1.82, 2.24) is 0 Å². The molecule has 0 aliphatic heterocycles. The Morgan fingerprint density at radius 3 is 2.46 bits per heavy atom. The summed E-state index contributed by atoms with van der Waals surface area (Å²) in [5.74, 6) is 0.198. The molecule has 0 amide bonds. The largest absolute Gasteiger partial charge is 0.330 e. The molecule has 78 valence electrons. The van der Waals surface area contributed by atoms with E-state index in [9.17, 15) is 4.79 Å². The van der Waals surface area contributed by atoms with Crippen LogP contribution in [-0.4, -0.2) is 18.9 Å². The number of hydrogen-bond acceptors (Lipinski definition) is 3. The molecule has 0 heterocycles. The molecule has 0 saturated carbocycles.